The van der Waals surface area contributed by atoms with E-state index in [4.69, 9.17) is 0 Å². The van der Waals surface area contributed by atoms with Crippen molar-refractivity contribution in [3.05, 3.63) is 64.7 Å². The average Bonchev–Trinajstić information content (AvgIpc) is 3.12. The molecule has 0 aliphatic carbocycles. The maximum Gasteiger partial charge on any atom is 0.269 e. The fourth-order valence-corrected chi connectivity index (χ4v) is 3.35. The third-order valence-electron chi connectivity index (χ3n) is 3.69. The minimum atomic E-state index is -3.77. The molecule has 0 aliphatic heterocycles. The molecule has 0 aliphatic rings. The van der Waals surface area contributed by atoms with Crippen LogP contribution in [0.15, 0.2) is 53.8 Å². The van der Waals surface area contributed by atoms with E-state index >= 15 is 0 Å². The van der Waals surface area contributed by atoms with Crippen LogP contribution in [0.4, 0.5) is 11.5 Å². The van der Waals surface area contributed by atoms with Crippen LogP contribution in [-0.4, -0.2) is 46.2 Å². The number of nitro groups is 1. The van der Waals surface area contributed by atoms with Gasteiger partial charge in [-0.05, 0) is 25.1 Å². The van der Waals surface area contributed by atoms with Crippen LogP contribution in [0.2, 0.25) is 0 Å². The summed E-state index contributed by atoms with van der Waals surface area (Å²) in [6.45, 7) is 2.24. The average molecular weight is 403 g/mol. The van der Waals surface area contributed by atoms with Crippen LogP contribution in [0.5, 0.6) is 0 Å². The molecule has 0 spiro atoms. The molecule has 0 bridgehead atoms. The Labute approximate surface area is 160 Å². The lowest BCUT2D eigenvalue weighted by atomic mass is 10.3. The van der Waals surface area contributed by atoms with Gasteiger partial charge < -0.3 is 5.32 Å². The zero-order chi connectivity index (χ0) is 20.1. The molecule has 2 heterocycles. The van der Waals surface area contributed by atoms with Crippen molar-refractivity contribution in [3.63, 3.8) is 0 Å². The van der Waals surface area contributed by atoms with Crippen molar-refractivity contribution in [3.8, 4) is 5.82 Å². The smallest absolute Gasteiger partial charge is 0.269 e. The standard InChI is InChI=1S/C16H17N7O4S/c1-12-6-9-22(21-12)16-10-15(18-11-19-16)17-7-8-20-28(26,27)14-4-2-13(3-5-14)23(24)25/h2-6,9-11,20H,7-8H2,1H3,(H,17,18,19). The Morgan fingerprint density at radius 3 is 2.54 bits per heavy atom. The summed E-state index contributed by atoms with van der Waals surface area (Å²) in [4.78, 5) is 18.2. The predicted molar refractivity (Wildman–Crippen MR) is 101 cm³/mol. The number of hydrogen-bond donors (Lipinski definition) is 2. The van der Waals surface area contributed by atoms with Crippen LogP contribution in [0.1, 0.15) is 5.69 Å². The van der Waals surface area contributed by atoms with Gasteiger partial charge in [0.25, 0.3) is 5.69 Å². The molecule has 3 rings (SSSR count). The molecule has 0 saturated heterocycles. The van der Waals surface area contributed by atoms with Crippen LogP contribution < -0.4 is 10.0 Å². The highest BCUT2D eigenvalue weighted by Crippen LogP contribution is 2.15. The molecule has 0 atom stereocenters. The molecule has 0 fully saturated rings. The summed E-state index contributed by atoms with van der Waals surface area (Å²) in [5.41, 5.74) is 0.682. The quantitative estimate of drug-likeness (QED) is 0.325. The van der Waals surface area contributed by atoms with Crippen molar-refractivity contribution in [2.24, 2.45) is 0 Å². The lowest BCUT2D eigenvalue weighted by molar-refractivity contribution is -0.384. The summed E-state index contributed by atoms with van der Waals surface area (Å²) in [6.07, 6.45) is 3.16. The molecule has 28 heavy (non-hydrogen) atoms. The fraction of sp³-hybridized carbons (Fsp3) is 0.188. The van der Waals surface area contributed by atoms with Crippen molar-refractivity contribution in [1.82, 2.24) is 24.5 Å². The monoisotopic (exact) mass is 403 g/mol. The third-order valence-corrected chi connectivity index (χ3v) is 5.17. The zero-order valence-corrected chi connectivity index (χ0v) is 15.6. The number of aromatic nitrogens is 4. The van der Waals surface area contributed by atoms with Crippen LogP contribution in [0.25, 0.3) is 5.82 Å². The first-order valence-corrected chi connectivity index (χ1v) is 9.66. The number of hydrogen-bond acceptors (Lipinski definition) is 8. The molecule has 12 heteroatoms. The highest BCUT2D eigenvalue weighted by molar-refractivity contribution is 7.89. The number of non-ortho nitro benzene ring substituents is 1. The normalized spacial score (nSPS) is 11.3. The summed E-state index contributed by atoms with van der Waals surface area (Å²) >= 11 is 0. The molecule has 2 N–H and O–H groups in total. The summed E-state index contributed by atoms with van der Waals surface area (Å²) < 4.78 is 28.5. The fourth-order valence-electron chi connectivity index (χ4n) is 2.32. The number of aryl methyl sites for hydroxylation is 1. The van der Waals surface area contributed by atoms with Crippen molar-refractivity contribution in [2.75, 3.05) is 18.4 Å². The van der Waals surface area contributed by atoms with Gasteiger partial charge in [0.2, 0.25) is 10.0 Å². The number of nitrogens with one attached hydrogen (secondary N) is 2. The Hall–Kier alpha value is -3.38. The van der Waals surface area contributed by atoms with E-state index in [1.54, 1.807) is 16.9 Å². The Balaban J connectivity index is 1.56. The van der Waals surface area contributed by atoms with Crippen molar-refractivity contribution < 1.29 is 13.3 Å². The van der Waals surface area contributed by atoms with Gasteiger partial charge in [-0.25, -0.2) is 27.8 Å². The minimum absolute atomic E-state index is 0.0449. The van der Waals surface area contributed by atoms with E-state index in [-0.39, 0.29) is 23.7 Å². The van der Waals surface area contributed by atoms with Crippen molar-refractivity contribution in [2.45, 2.75) is 11.8 Å². The summed E-state index contributed by atoms with van der Waals surface area (Å²) in [5, 5.41) is 17.9. The molecule has 0 radical (unpaired) electrons. The first-order chi connectivity index (χ1) is 13.3. The summed E-state index contributed by atoms with van der Waals surface area (Å²) in [7, 11) is -3.77. The lowest BCUT2D eigenvalue weighted by Gasteiger charge is -2.09. The van der Waals surface area contributed by atoms with Crippen molar-refractivity contribution in [1.29, 1.82) is 0 Å². The van der Waals surface area contributed by atoms with Crippen LogP contribution in [0.3, 0.4) is 0 Å². The molecule has 0 amide bonds. The van der Waals surface area contributed by atoms with Gasteiger partial charge in [0.1, 0.15) is 12.1 Å². The van der Waals surface area contributed by atoms with Crippen LogP contribution in [0, 0.1) is 17.0 Å². The maximum absolute atomic E-state index is 12.2. The van der Waals surface area contributed by atoms with Crippen LogP contribution >= 0.6 is 0 Å². The van der Waals surface area contributed by atoms with E-state index in [2.05, 4.69) is 25.1 Å². The van der Waals surface area contributed by atoms with Gasteiger partial charge in [0, 0.05) is 37.5 Å². The number of anilines is 1. The second kappa shape index (κ2) is 8.10. The molecule has 0 saturated carbocycles. The predicted octanol–water partition coefficient (Wildman–Crippen LogP) is 1.27. The van der Waals surface area contributed by atoms with Gasteiger partial charge in [0.05, 0.1) is 15.5 Å². The number of nitro benzene ring substituents is 1. The Kier molecular flexibility index (Phi) is 5.61. The molecule has 3 aromatic rings. The summed E-state index contributed by atoms with van der Waals surface area (Å²) in [5.74, 6) is 1.10. The second-order valence-corrected chi connectivity index (χ2v) is 7.51. The van der Waals surface area contributed by atoms with Gasteiger partial charge in [0.15, 0.2) is 5.82 Å². The zero-order valence-electron chi connectivity index (χ0n) is 14.8. The largest absolute Gasteiger partial charge is 0.369 e. The van der Waals surface area contributed by atoms with E-state index in [1.807, 2.05) is 13.0 Å². The molecule has 1 aromatic carbocycles. The van der Waals surface area contributed by atoms with E-state index in [0.717, 1.165) is 17.8 Å². The summed E-state index contributed by atoms with van der Waals surface area (Å²) in [6, 6.07) is 8.21. The van der Waals surface area contributed by atoms with Crippen LogP contribution in [-0.2, 0) is 10.0 Å². The Morgan fingerprint density at radius 2 is 1.89 bits per heavy atom. The molecular weight excluding hydrogens is 386 g/mol. The molecule has 11 nitrogen and oxygen atoms in total. The van der Waals surface area contributed by atoms with Gasteiger partial charge in [-0.15, -0.1) is 0 Å². The molecule has 2 aromatic heterocycles. The second-order valence-electron chi connectivity index (χ2n) is 5.74. The highest BCUT2D eigenvalue weighted by atomic mass is 32.2. The number of benzene rings is 1. The lowest BCUT2D eigenvalue weighted by Crippen LogP contribution is -2.29. The van der Waals surface area contributed by atoms with Gasteiger partial charge >= 0.3 is 0 Å². The van der Waals surface area contributed by atoms with Gasteiger partial charge in [-0.1, -0.05) is 0 Å². The number of sulfonamides is 1. The maximum atomic E-state index is 12.2. The first-order valence-electron chi connectivity index (χ1n) is 8.18. The van der Waals surface area contributed by atoms with E-state index in [0.29, 0.717) is 11.6 Å². The Bertz CT molecular complexity index is 1080. The SMILES string of the molecule is Cc1ccn(-c2cc(NCCNS(=O)(=O)c3ccc([N+](=O)[O-])cc3)ncn2)n1. The van der Waals surface area contributed by atoms with Crippen molar-refractivity contribution >= 4 is 21.5 Å². The highest BCUT2D eigenvalue weighted by Gasteiger charge is 2.15. The number of rotatable bonds is 8. The van der Waals surface area contributed by atoms with Gasteiger partial charge in [-0.3, -0.25) is 10.1 Å². The Morgan fingerprint density at radius 1 is 1.14 bits per heavy atom. The van der Waals surface area contributed by atoms with E-state index < -0.39 is 14.9 Å². The first kappa shape index (κ1) is 19.4. The minimum Gasteiger partial charge on any atom is -0.369 e. The van der Waals surface area contributed by atoms with E-state index in [1.165, 1.54) is 18.5 Å². The third kappa shape index (κ3) is 4.66. The topological polar surface area (TPSA) is 145 Å². The molecular formula is C16H17N7O4S. The van der Waals surface area contributed by atoms with E-state index in [9.17, 15) is 18.5 Å². The molecule has 0 unspecified atom stereocenters. The van der Waals surface area contributed by atoms with Gasteiger partial charge in [-0.2, -0.15) is 5.10 Å². The molecule has 146 valence electrons. The number of nitrogens with zero attached hydrogens (tertiary/aromatic N) is 5.